The van der Waals surface area contributed by atoms with Crippen molar-refractivity contribution < 1.29 is 9.53 Å². The Morgan fingerprint density at radius 3 is 2.50 bits per heavy atom. The van der Waals surface area contributed by atoms with Gasteiger partial charge in [0.15, 0.2) is 0 Å². The maximum Gasteiger partial charge on any atom is 0.122 e. The standard InChI is InChI=1S/C8H16O2/c1-4-8(2,3)10-7-5-6-9/h6H,4-5,7H2,1-3H3. The van der Waals surface area contributed by atoms with Crippen LogP contribution < -0.4 is 0 Å². The molecule has 0 N–H and O–H groups in total. The van der Waals surface area contributed by atoms with Crippen LogP contribution in [-0.2, 0) is 9.53 Å². The van der Waals surface area contributed by atoms with E-state index in [9.17, 15) is 4.79 Å². The summed E-state index contributed by atoms with van der Waals surface area (Å²) in [5.74, 6) is 0. The molecule has 0 atom stereocenters. The van der Waals surface area contributed by atoms with Gasteiger partial charge in [0, 0.05) is 6.42 Å². The fourth-order valence-corrected chi connectivity index (χ4v) is 0.485. The van der Waals surface area contributed by atoms with Gasteiger partial charge in [-0.15, -0.1) is 0 Å². The van der Waals surface area contributed by atoms with Crippen molar-refractivity contribution in [3.8, 4) is 0 Å². The number of carbonyl (C=O) groups is 1. The number of hydrogen-bond donors (Lipinski definition) is 0. The van der Waals surface area contributed by atoms with Crippen molar-refractivity contribution in [3.05, 3.63) is 0 Å². The number of hydrogen-bond acceptors (Lipinski definition) is 2. The third-order valence-corrected chi connectivity index (χ3v) is 1.58. The predicted octanol–water partition coefficient (Wildman–Crippen LogP) is 1.78. The van der Waals surface area contributed by atoms with E-state index in [2.05, 4.69) is 6.92 Å². The van der Waals surface area contributed by atoms with Crippen molar-refractivity contribution in [3.63, 3.8) is 0 Å². The molecule has 0 aliphatic heterocycles. The summed E-state index contributed by atoms with van der Waals surface area (Å²) in [7, 11) is 0. The summed E-state index contributed by atoms with van der Waals surface area (Å²) >= 11 is 0. The molecule has 0 bridgehead atoms. The Hall–Kier alpha value is -0.370. The zero-order chi connectivity index (χ0) is 8.04. The summed E-state index contributed by atoms with van der Waals surface area (Å²) in [6, 6.07) is 0. The van der Waals surface area contributed by atoms with E-state index in [0.717, 1.165) is 12.7 Å². The molecule has 2 nitrogen and oxygen atoms in total. The van der Waals surface area contributed by atoms with Gasteiger partial charge in [0.25, 0.3) is 0 Å². The first-order valence-electron chi connectivity index (χ1n) is 3.70. The highest BCUT2D eigenvalue weighted by molar-refractivity contribution is 5.49. The molecule has 0 amide bonds. The average Bonchev–Trinajstić information content (AvgIpc) is 1.89. The van der Waals surface area contributed by atoms with Gasteiger partial charge in [0.05, 0.1) is 12.2 Å². The number of rotatable bonds is 5. The van der Waals surface area contributed by atoms with E-state index in [-0.39, 0.29) is 5.60 Å². The minimum absolute atomic E-state index is 0.0665. The molecule has 0 radical (unpaired) electrons. The Balaban J connectivity index is 3.36. The highest BCUT2D eigenvalue weighted by Crippen LogP contribution is 2.12. The molecule has 0 aliphatic rings. The minimum Gasteiger partial charge on any atom is -0.375 e. The fraction of sp³-hybridized carbons (Fsp3) is 0.875. The van der Waals surface area contributed by atoms with Crippen LogP contribution in [0.15, 0.2) is 0 Å². The molecule has 0 aromatic heterocycles. The lowest BCUT2D eigenvalue weighted by molar-refractivity contribution is -0.110. The van der Waals surface area contributed by atoms with Crippen LogP contribution in [-0.4, -0.2) is 18.5 Å². The van der Waals surface area contributed by atoms with E-state index in [0.29, 0.717) is 13.0 Å². The molecule has 0 saturated carbocycles. The summed E-state index contributed by atoms with van der Waals surface area (Å²) < 4.78 is 5.39. The van der Waals surface area contributed by atoms with Gasteiger partial charge in [0.2, 0.25) is 0 Å². The van der Waals surface area contributed by atoms with Crippen LogP contribution in [0.25, 0.3) is 0 Å². The quantitative estimate of drug-likeness (QED) is 0.434. The monoisotopic (exact) mass is 144 g/mol. The second-order valence-corrected chi connectivity index (χ2v) is 2.92. The summed E-state index contributed by atoms with van der Waals surface area (Å²) in [6.07, 6.45) is 2.36. The van der Waals surface area contributed by atoms with E-state index in [1.165, 1.54) is 0 Å². The van der Waals surface area contributed by atoms with Gasteiger partial charge in [0.1, 0.15) is 6.29 Å². The summed E-state index contributed by atoms with van der Waals surface area (Å²) in [5.41, 5.74) is -0.0665. The zero-order valence-electron chi connectivity index (χ0n) is 7.02. The molecule has 60 valence electrons. The summed E-state index contributed by atoms with van der Waals surface area (Å²) in [5, 5.41) is 0. The van der Waals surface area contributed by atoms with Crippen molar-refractivity contribution >= 4 is 6.29 Å². The molecule has 0 aromatic rings. The van der Waals surface area contributed by atoms with E-state index in [1.54, 1.807) is 0 Å². The van der Waals surface area contributed by atoms with Gasteiger partial charge in [-0.3, -0.25) is 0 Å². The highest BCUT2D eigenvalue weighted by atomic mass is 16.5. The van der Waals surface area contributed by atoms with E-state index in [1.807, 2.05) is 13.8 Å². The Labute approximate surface area is 62.6 Å². The Bertz CT molecular complexity index is 97.4. The lowest BCUT2D eigenvalue weighted by Crippen LogP contribution is -2.23. The Kier molecular flexibility index (Phi) is 4.28. The van der Waals surface area contributed by atoms with Gasteiger partial charge in [-0.2, -0.15) is 0 Å². The van der Waals surface area contributed by atoms with Crippen LogP contribution in [0.1, 0.15) is 33.6 Å². The number of carbonyl (C=O) groups excluding carboxylic acids is 1. The molecular formula is C8H16O2. The second kappa shape index (κ2) is 4.45. The fourth-order valence-electron chi connectivity index (χ4n) is 0.485. The molecule has 10 heavy (non-hydrogen) atoms. The van der Waals surface area contributed by atoms with Gasteiger partial charge in [-0.1, -0.05) is 6.92 Å². The predicted molar refractivity (Wildman–Crippen MR) is 41.0 cm³/mol. The highest BCUT2D eigenvalue weighted by Gasteiger charge is 2.13. The maximum atomic E-state index is 9.90. The molecule has 0 aliphatic carbocycles. The molecule has 0 heterocycles. The first-order valence-corrected chi connectivity index (χ1v) is 3.70. The van der Waals surface area contributed by atoms with Gasteiger partial charge in [-0.25, -0.2) is 0 Å². The van der Waals surface area contributed by atoms with Crippen LogP contribution in [0.2, 0.25) is 0 Å². The van der Waals surface area contributed by atoms with Gasteiger partial charge >= 0.3 is 0 Å². The largest absolute Gasteiger partial charge is 0.375 e. The molecular weight excluding hydrogens is 128 g/mol. The smallest absolute Gasteiger partial charge is 0.122 e. The summed E-state index contributed by atoms with van der Waals surface area (Å²) in [4.78, 5) is 9.90. The van der Waals surface area contributed by atoms with Crippen LogP contribution >= 0.6 is 0 Å². The Morgan fingerprint density at radius 1 is 1.50 bits per heavy atom. The van der Waals surface area contributed by atoms with Gasteiger partial charge < -0.3 is 9.53 Å². The first-order chi connectivity index (χ1) is 4.62. The van der Waals surface area contributed by atoms with E-state index in [4.69, 9.17) is 4.74 Å². The molecule has 0 rings (SSSR count). The first kappa shape index (κ1) is 9.63. The normalized spacial score (nSPS) is 11.5. The lowest BCUT2D eigenvalue weighted by Gasteiger charge is -2.22. The van der Waals surface area contributed by atoms with Crippen molar-refractivity contribution in [1.82, 2.24) is 0 Å². The van der Waals surface area contributed by atoms with Crippen molar-refractivity contribution in [2.45, 2.75) is 39.2 Å². The molecule has 0 aromatic carbocycles. The van der Waals surface area contributed by atoms with Crippen LogP contribution in [0.4, 0.5) is 0 Å². The number of aldehydes is 1. The summed E-state index contributed by atoms with van der Waals surface area (Å²) in [6.45, 7) is 6.67. The molecule has 0 spiro atoms. The van der Waals surface area contributed by atoms with Crippen LogP contribution in [0.5, 0.6) is 0 Å². The van der Waals surface area contributed by atoms with E-state index >= 15 is 0 Å². The third kappa shape index (κ3) is 4.50. The SMILES string of the molecule is CCC(C)(C)OCCC=O. The molecule has 0 saturated heterocycles. The van der Waals surface area contributed by atoms with Crippen LogP contribution in [0, 0.1) is 0 Å². The lowest BCUT2D eigenvalue weighted by atomic mass is 10.1. The molecule has 0 fully saturated rings. The van der Waals surface area contributed by atoms with Crippen LogP contribution in [0.3, 0.4) is 0 Å². The zero-order valence-corrected chi connectivity index (χ0v) is 7.02. The maximum absolute atomic E-state index is 9.90. The third-order valence-electron chi connectivity index (χ3n) is 1.58. The van der Waals surface area contributed by atoms with E-state index < -0.39 is 0 Å². The van der Waals surface area contributed by atoms with Crippen molar-refractivity contribution in [1.29, 1.82) is 0 Å². The minimum atomic E-state index is -0.0665. The Morgan fingerprint density at radius 2 is 2.10 bits per heavy atom. The van der Waals surface area contributed by atoms with Crippen molar-refractivity contribution in [2.75, 3.05) is 6.61 Å². The van der Waals surface area contributed by atoms with Crippen molar-refractivity contribution in [2.24, 2.45) is 0 Å². The number of ether oxygens (including phenoxy) is 1. The molecule has 0 unspecified atom stereocenters. The average molecular weight is 144 g/mol. The second-order valence-electron chi connectivity index (χ2n) is 2.92. The molecule has 2 heteroatoms. The van der Waals surface area contributed by atoms with Gasteiger partial charge in [-0.05, 0) is 20.3 Å². The topological polar surface area (TPSA) is 26.3 Å².